The second-order valence-corrected chi connectivity index (χ2v) is 4.05. The molecule has 1 unspecified atom stereocenters. The number of nitrogens with one attached hydrogen (secondary N) is 1. The number of nitrogens with zero attached hydrogens (tertiary/aromatic N) is 2. The normalized spacial score (nSPS) is 11.3. The number of carbonyl (C=O) groups is 1. The number of hydrogen-bond donors (Lipinski definition) is 1. The molecule has 0 radical (unpaired) electrons. The molecule has 1 amide bonds. The van der Waals surface area contributed by atoms with Crippen molar-refractivity contribution in [2.24, 2.45) is 0 Å². The van der Waals surface area contributed by atoms with Gasteiger partial charge in [0.25, 0.3) is 0 Å². The molecule has 1 aromatic heterocycles. The summed E-state index contributed by atoms with van der Waals surface area (Å²) >= 11 is 0. The SMILES string of the molecule is N#CC(C(=O)NCc1cccnc1)c1ccccc1. The highest BCUT2D eigenvalue weighted by atomic mass is 16.1. The van der Waals surface area contributed by atoms with Crippen LogP contribution in [0.2, 0.25) is 0 Å². The molecule has 4 nitrogen and oxygen atoms in total. The number of aromatic nitrogens is 1. The quantitative estimate of drug-likeness (QED) is 0.903. The van der Waals surface area contributed by atoms with Gasteiger partial charge in [-0.25, -0.2) is 0 Å². The van der Waals surface area contributed by atoms with E-state index in [-0.39, 0.29) is 5.91 Å². The van der Waals surface area contributed by atoms with E-state index < -0.39 is 5.92 Å². The lowest BCUT2D eigenvalue weighted by atomic mass is 10.00. The Morgan fingerprint density at radius 1 is 1.26 bits per heavy atom. The molecule has 0 spiro atoms. The van der Waals surface area contributed by atoms with Gasteiger partial charge in [-0.3, -0.25) is 9.78 Å². The third kappa shape index (κ3) is 3.39. The van der Waals surface area contributed by atoms with Crippen LogP contribution in [-0.2, 0) is 11.3 Å². The van der Waals surface area contributed by atoms with Crippen molar-refractivity contribution >= 4 is 5.91 Å². The Labute approximate surface area is 111 Å². The monoisotopic (exact) mass is 251 g/mol. The molecule has 0 aliphatic rings. The summed E-state index contributed by atoms with van der Waals surface area (Å²) in [6, 6.07) is 14.7. The third-order valence-electron chi connectivity index (χ3n) is 2.71. The Morgan fingerprint density at radius 3 is 2.68 bits per heavy atom. The van der Waals surface area contributed by atoms with Gasteiger partial charge in [0.1, 0.15) is 5.92 Å². The van der Waals surface area contributed by atoms with Gasteiger partial charge in [-0.2, -0.15) is 5.26 Å². The summed E-state index contributed by atoms with van der Waals surface area (Å²) in [6.07, 6.45) is 3.36. The van der Waals surface area contributed by atoms with E-state index in [1.54, 1.807) is 30.6 Å². The van der Waals surface area contributed by atoms with Crippen LogP contribution in [0.4, 0.5) is 0 Å². The minimum absolute atomic E-state index is 0.294. The molecule has 19 heavy (non-hydrogen) atoms. The molecule has 4 heteroatoms. The molecule has 1 aromatic carbocycles. The second kappa shape index (κ2) is 6.31. The fourth-order valence-electron chi connectivity index (χ4n) is 1.72. The van der Waals surface area contributed by atoms with Crippen LogP contribution in [0.25, 0.3) is 0 Å². The van der Waals surface area contributed by atoms with E-state index in [0.717, 1.165) is 5.56 Å². The first-order chi connectivity index (χ1) is 9.31. The fourth-order valence-corrected chi connectivity index (χ4v) is 1.72. The van der Waals surface area contributed by atoms with Gasteiger partial charge in [0, 0.05) is 18.9 Å². The van der Waals surface area contributed by atoms with E-state index in [4.69, 9.17) is 5.26 Å². The lowest BCUT2D eigenvalue weighted by Crippen LogP contribution is -2.28. The summed E-state index contributed by atoms with van der Waals surface area (Å²) in [5.41, 5.74) is 1.61. The number of pyridine rings is 1. The van der Waals surface area contributed by atoms with Crippen molar-refractivity contribution in [2.45, 2.75) is 12.5 Å². The van der Waals surface area contributed by atoms with Crippen molar-refractivity contribution in [2.75, 3.05) is 0 Å². The molecule has 94 valence electrons. The van der Waals surface area contributed by atoms with E-state index in [9.17, 15) is 4.79 Å². The third-order valence-corrected chi connectivity index (χ3v) is 2.71. The molecular weight excluding hydrogens is 238 g/mol. The first kappa shape index (κ1) is 12.8. The van der Waals surface area contributed by atoms with Gasteiger partial charge in [-0.05, 0) is 17.2 Å². The van der Waals surface area contributed by atoms with Gasteiger partial charge in [-0.15, -0.1) is 0 Å². The van der Waals surface area contributed by atoms with Gasteiger partial charge in [0.15, 0.2) is 0 Å². The van der Waals surface area contributed by atoms with Gasteiger partial charge >= 0.3 is 0 Å². The van der Waals surface area contributed by atoms with Crippen molar-refractivity contribution in [1.29, 1.82) is 5.26 Å². The average Bonchev–Trinajstić information content (AvgIpc) is 2.48. The molecule has 0 aliphatic heterocycles. The Morgan fingerprint density at radius 2 is 2.05 bits per heavy atom. The zero-order chi connectivity index (χ0) is 13.5. The standard InChI is InChI=1S/C15H13N3O/c16-9-14(13-6-2-1-3-7-13)15(19)18-11-12-5-4-8-17-10-12/h1-8,10,14H,11H2,(H,18,19). The predicted octanol–water partition coefficient (Wildman–Crippen LogP) is 2.01. The van der Waals surface area contributed by atoms with Crippen LogP contribution in [0.1, 0.15) is 17.0 Å². The number of amides is 1. The Kier molecular flexibility index (Phi) is 4.25. The van der Waals surface area contributed by atoms with E-state index in [1.165, 1.54) is 0 Å². The average molecular weight is 251 g/mol. The molecule has 0 bridgehead atoms. The number of benzene rings is 1. The maximum atomic E-state index is 12.0. The molecule has 0 saturated heterocycles. The predicted molar refractivity (Wildman–Crippen MR) is 70.9 cm³/mol. The Balaban J connectivity index is 2.01. The van der Waals surface area contributed by atoms with Crippen LogP contribution >= 0.6 is 0 Å². The Hall–Kier alpha value is -2.67. The van der Waals surface area contributed by atoms with E-state index in [2.05, 4.69) is 10.3 Å². The van der Waals surface area contributed by atoms with Crippen molar-refractivity contribution in [3.05, 3.63) is 66.0 Å². The smallest absolute Gasteiger partial charge is 0.242 e. The topological polar surface area (TPSA) is 65.8 Å². The molecule has 0 saturated carbocycles. The molecule has 2 rings (SSSR count). The van der Waals surface area contributed by atoms with Gasteiger partial charge in [-0.1, -0.05) is 36.4 Å². The number of rotatable bonds is 4. The minimum Gasteiger partial charge on any atom is -0.351 e. The molecule has 1 N–H and O–H groups in total. The number of hydrogen-bond acceptors (Lipinski definition) is 3. The Bertz CT molecular complexity index is 575. The highest BCUT2D eigenvalue weighted by Crippen LogP contribution is 2.14. The summed E-state index contributed by atoms with van der Waals surface area (Å²) in [5, 5.41) is 11.9. The molecule has 1 atom stereocenters. The van der Waals surface area contributed by atoms with Crippen molar-refractivity contribution in [3.8, 4) is 6.07 Å². The summed E-state index contributed by atoms with van der Waals surface area (Å²) in [7, 11) is 0. The van der Waals surface area contributed by atoms with E-state index in [1.807, 2.05) is 30.3 Å². The largest absolute Gasteiger partial charge is 0.351 e. The zero-order valence-corrected chi connectivity index (χ0v) is 10.3. The van der Waals surface area contributed by atoms with Crippen molar-refractivity contribution < 1.29 is 4.79 Å². The number of nitriles is 1. The van der Waals surface area contributed by atoms with Crippen molar-refractivity contribution in [1.82, 2.24) is 10.3 Å². The summed E-state index contributed by atoms with van der Waals surface area (Å²) < 4.78 is 0. The maximum Gasteiger partial charge on any atom is 0.242 e. The molecule has 0 fully saturated rings. The molecule has 2 aromatic rings. The summed E-state index contributed by atoms with van der Waals surface area (Å²) in [5.74, 6) is -1.07. The molecule has 0 aliphatic carbocycles. The fraction of sp³-hybridized carbons (Fsp3) is 0.133. The molecule has 1 heterocycles. The van der Waals surface area contributed by atoms with Crippen molar-refractivity contribution in [3.63, 3.8) is 0 Å². The van der Waals surface area contributed by atoms with Crippen LogP contribution in [0.3, 0.4) is 0 Å². The first-order valence-electron chi connectivity index (χ1n) is 5.92. The van der Waals surface area contributed by atoms with Gasteiger partial charge in [0.2, 0.25) is 5.91 Å². The lowest BCUT2D eigenvalue weighted by molar-refractivity contribution is -0.121. The van der Waals surface area contributed by atoms with Gasteiger partial charge in [0.05, 0.1) is 6.07 Å². The maximum absolute atomic E-state index is 12.0. The highest BCUT2D eigenvalue weighted by Gasteiger charge is 2.19. The molecular formula is C15H13N3O. The minimum atomic E-state index is -0.780. The van der Waals surface area contributed by atoms with E-state index >= 15 is 0 Å². The van der Waals surface area contributed by atoms with Crippen LogP contribution in [-0.4, -0.2) is 10.9 Å². The first-order valence-corrected chi connectivity index (χ1v) is 5.92. The number of carbonyl (C=O) groups excluding carboxylic acids is 1. The second-order valence-electron chi connectivity index (χ2n) is 4.05. The van der Waals surface area contributed by atoms with Crippen LogP contribution < -0.4 is 5.32 Å². The zero-order valence-electron chi connectivity index (χ0n) is 10.3. The summed E-state index contributed by atoms with van der Waals surface area (Å²) in [4.78, 5) is 16.0. The lowest BCUT2D eigenvalue weighted by Gasteiger charge is -2.10. The highest BCUT2D eigenvalue weighted by molar-refractivity contribution is 5.86. The van der Waals surface area contributed by atoms with Crippen LogP contribution in [0.5, 0.6) is 0 Å². The van der Waals surface area contributed by atoms with Gasteiger partial charge < -0.3 is 5.32 Å². The van der Waals surface area contributed by atoms with E-state index in [0.29, 0.717) is 12.1 Å². The van der Waals surface area contributed by atoms with Crippen LogP contribution in [0.15, 0.2) is 54.9 Å². The summed E-state index contributed by atoms with van der Waals surface area (Å²) in [6.45, 7) is 0.373. The van der Waals surface area contributed by atoms with Crippen LogP contribution in [0, 0.1) is 11.3 Å².